The molecule has 140 valence electrons. The Morgan fingerprint density at radius 1 is 1.00 bits per heavy atom. The Kier molecular flexibility index (Phi) is 8.78. The molecule has 0 aromatic heterocycles. The quantitative estimate of drug-likeness (QED) is 0.294. The van der Waals surface area contributed by atoms with Crippen LogP contribution in [-0.4, -0.2) is 17.5 Å². The van der Waals surface area contributed by atoms with Gasteiger partial charge in [0.15, 0.2) is 5.11 Å². The Bertz CT molecular complexity index is 669. The molecule has 2 N–H and O–H groups in total. The second kappa shape index (κ2) is 11.1. The van der Waals surface area contributed by atoms with E-state index >= 15 is 0 Å². The minimum absolute atomic E-state index is 0.576. The van der Waals surface area contributed by atoms with Crippen LogP contribution in [0.1, 0.15) is 33.6 Å². The van der Waals surface area contributed by atoms with Gasteiger partial charge in [0, 0.05) is 22.0 Å². The zero-order valence-corrected chi connectivity index (χ0v) is 17.4. The van der Waals surface area contributed by atoms with E-state index in [2.05, 4.69) is 55.7 Å². The van der Waals surface area contributed by atoms with Gasteiger partial charge in [0.05, 0.1) is 6.61 Å². The Labute approximate surface area is 166 Å². The molecular weight excluding hydrogens is 360 g/mol. The van der Waals surface area contributed by atoms with E-state index in [1.807, 2.05) is 36.0 Å². The fourth-order valence-corrected chi connectivity index (χ4v) is 3.25. The second-order valence-corrected chi connectivity index (χ2v) is 8.04. The van der Waals surface area contributed by atoms with Crippen LogP contribution in [0.25, 0.3) is 0 Å². The molecule has 0 radical (unpaired) electrons. The molecule has 0 unspecified atom stereocenters. The number of benzene rings is 2. The predicted molar refractivity (Wildman–Crippen MR) is 119 cm³/mol. The lowest BCUT2D eigenvalue weighted by Crippen LogP contribution is -2.18. The van der Waals surface area contributed by atoms with Crippen molar-refractivity contribution in [2.45, 2.75) is 38.5 Å². The predicted octanol–water partition coefficient (Wildman–Crippen LogP) is 6.42. The van der Waals surface area contributed by atoms with Gasteiger partial charge in [-0.2, -0.15) is 0 Å². The molecule has 0 aliphatic heterocycles. The van der Waals surface area contributed by atoms with E-state index in [0.717, 1.165) is 42.3 Å². The van der Waals surface area contributed by atoms with Crippen molar-refractivity contribution in [2.75, 3.05) is 23.0 Å². The summed E-state index contributed by atoms with van der Waals surface area (Å²) >= 11 is 7.28. The van der Waals surface area contributed by atoms with Crippen LogP contribution in [0.5, 0.6) is 5.75 Å². The number of hydrogen-bond acceptors (Lipinski definition) is 3. The summed E-state index contributed by atoms with van der Waals surface area (Å²) in [6.45, 7) is 7.38. The molecule has 0 spiro atoms. The van der Waals surface area contributed by atoms with Crippen molar-refractivity contribution in [3.63, 3.8) is 0 Å². The van der Waals surface area contributed by atoms with Gasteiger partial charge >= 0.3 is 0 Å². The highest BCUT2D eigenvalue weighted by molar-refractivity contribution is 7.99. The van der Waals surface area contributed by atoms with Gasteiger partial charge in [-0.3, -0.25) is 0 Å². The minimum atomic E-state index is 0.576. The van der Waals surface area contributed by atoms with Crippen LogP contribution in [0.15, 0.2) is 53.4 Å². The van der Waals surface area contributed by atoms with Crippen molar-refractivity contribution in [3.05, 3.63) is 48.5 Å². The molecule has 2 rings (SSSR count). The molecule has 3 nitrogen and oxygen atoms in total. The highest BCUT2D eigenvalue weighted by Gasteiger charge is 2.02. The van der Waals surface area contributed by atoms with Gasteiger partial charge in [0.1, 0.15) is 5.75 Å². The molecule has 0 heterocycles. The van der Waals surface area contributed by atoms with Crippen molar-refractivity contribution in [1.29, 1.82) is 0 Å². The molecule has 2 aromatic rings. The van der Waals surface area contributed by atoms with Gasteiger partial charge in [-0.05, 0) is 73.1 Å². The molecule has 5 heteroatoms. The SMILES string of the molecule is CCCCOc1ccc(NC(=S)Nc2ccc(SCC(C)C)cc2)cc1. The summed E-state index contributed by atoms with van der Waals surface area (Å²) in [6.07, 6.45) is 2.21. The molecule has 0 saturated carbocycles. The molecule has 0 amide bonds. The first-order valence-corrected chi connectivity index (χ1v) is 10.5. The van der Waals surface area contributed by atoms with Crippen LogP contribution < -0.4 is 15.4 Å². The second-order valence-electron chi connectivity index (χ2n) is 6.53. The smallest absolute Gasteiger partial charge is 0.175 e. The lowest BCUT2D eigenvalue weighted by Gasteiger charge is -2.12. The van der Waals surface area contributed by atoms with E-state index in [-0.39, 0.29) is 0 Å². The highest BCUT2D eigenvalue weighted by atomic mass is 32.2. The lowest BCUT2D eigenvalue weighted by atomic mass is 10.3. The summed E-state index contributed by atoms with van der Waals surface area (Å²) in [4.78, 5) is 1.28. The van der Waals surface area contributed by atoms with Gasteiger partial charge in [0.2, 0.25) is 0 Å². The van der Waals surface area contributed by atoms with E-state index < -0.39 is 0 Å². The van der Waals surface area contributed by atoms with Crippen molar-refractivity contribution in [2.24, 2.45) is 5.92 Å². The molecular formula is C21H28N2OS2. The van der Waals surface area contributed by atoms with E-state index in [1.54, 1.807) is 0 Å². The summed E-state index contributed by atoms with van der Waals surface area (Å²) in [5.74, 6) is 2.71. The molecule has 0 saturated heterocycles. The van der Waals surface area contributed by atoms with Gasteiger partial charge < -0.3 is 15.4 Å². The van der Waals surface area contributed by atoms with Crippen LogP contribution in [0.2, 0.25) is 0 Å². The van der Waals surface area contributed by atoms with Crippen LogP contribution in [0, 0.1) is 5.92 Å². The van der Waals surface area contributed by atoms with Crippen molar-refractivity contribution >= 4 is 40.5 Å². The maximum atomic E-state index is 5.67. The number of thioether (sulfide) groups is 1. The van der Waals surface area contributed by atoms with E-state index in [1.165, 1.54) is 4.90 Å². The average molecular weight is 389 g/mol. The van der Waals surface area contributed by atoms with E-state index in [4.69, 9.17) is 17.0 Å². The van der Waals surface area contributed by atoms with Crippen LogP contribution >= 0.6 is 24.0 Å². The summed E-state index contributed by atoms with van der Waals surface area (Å²) in [6, 6.07) is 16.2. The van der Waals surface area contributed by atoms with Crippen molar-refractivity contribution in [1.82, 2.24) is 0 Å². The van der Waals surface area contributed by atoms with Gasteiger partial charge in [-0.25, -0.2) is 0 Å². The fourth-order valence-electron chi connectivity index (χ4n) is 2.16. The maximum absolute atomic E-state index is 5.67. The number of unbranched alkanes of at least 4 members (excludes halogenated alkanes) is 1. The topological polar surface area (TPSA) is 33.3 Å². The van der Waals surface area contributed by atoms with E-state index in [0.29, 0.717) is 11.0 Å². The van der Waals surface area contributed by atoms with E-state index in [9.17, 15) is 0 Å². The number of thiocarbonyl (C=S) groups is 1. The number of anilines is 2. The first kappa shape index (κ1) is 20.6. The van der Waals surface area contributed by atoms with Crippen molar-refractivity contribution < 1.29 is 4.74 Å². The van der Waals surface area contributed by atoms with Crippen molar-refractivity contribution in [3.8, 4) is 5.75 Å². The van der Waals surface area contributed by atoms with Crippen LogP contribution in [0.3, 0.4) is 0 Å². The first-order chi connectivity index (χ1) is 12.6. The number of ether oxygens (including phenoxy) is 1. The Morgan fingerprint density at radius 2 is 1.58 bits per heavy atom. The lowest BCUT2D eigenvalue weighted by molar-refractivity contribution is 0.309. The first-order valence-electron chi connectivity index (χ1n) is 9.10. The molecule has 0 bridgehead atoms. The molecule has 0 aliphatic carbocycles. The van der Waals surface area contributed by atoms with Gasteiger partial charge in [-0.15, -0.1) is 11.8 Å². The zero-order chi connectivity index (χ0) is 18.8. The third-order valence-corrected chi connectivity index (χ3v) is 5.22. The fraction of sp³-hybridized carbons (Fsp3) is 0.381. The largest absolute Gasteiger partial charge is 0.494 e. The summed E-state index contributed by atoms with van der Waals surface area (Å²) < 4.78 is 5.67. The molecule has 0 atom stereocenters. The number of hydrogen-bond donors (Lipinski definition) is 2. The van der Waals surface area contributed by atoms with Crippen LogP contribution in [0.4, 0.5) is 11.4 Å². The Morgan fingerprint density at radius 3 is 2.12 bits per heavy atom. The number of rotatable bonds is 9. The Balaban J connectivity index is 1.80. The third kappa shape index (κ3) is 7.67. The molecule has 26 heavy (non-hydrogen) atoms. The molecule has 0 aliphatic rings. The minimum Gasteiger partial charge on any atom is -0.494 e. The maximum Gasteiger partial charge on any atom is 0.175 e. The normalized spacial score (nSPS) is 10.6. The molecule has 0 fully saturated rings. The van der Waals surface area contributed by atoms with Gasteiger partial charge in [-0.1, -0.05) is 27.2 Å². The average Bonchev–Trinajstić information content (AvgIpc) is 2.63. The zero-order valence-electron chi connectivity index (χ0n) is 15.7. The Hall–Kier alpha value is -1.72. The number of nitrogens with one attached hydrogen (secondary N) is 2. The summed E-state index contributed by atoms with van der Waals surface area (Å²) in [7, 11) is 0. The van der Waals surface area contributed by atoms with Crippen LogP contribution in [-0.2, 0) is 0 Å². The monoisotopic (exact) mass is 388 g/mol. The van der Waals surface area contributed by atoms with Gasteiger partial charge in [0.25, 0.3) is 0 Å². The highest BCUT2D eigenvalue weighted by Crippen LogP contribution is 2.22. The summed E-state index contributed by atoms with van der Waals surface area (Å²) in [5, 5.41) is 6.99. The molecule has 2 aromatic carbocycles. The third-order valence-electron chi connectivity index (χ3n) is 3.57. The standard InChI is InChI=1S/C21H28N2OS2/c1-4-5-14-24-19-10-6-17(7-11-19)22-21(25)23-18-8-12-20(13-9-18)26-15-16(2)3/h6-13,16H,4-5,14-15H2,1-3H3,(H2,22,23,25). The summed E-state index contributed by atoms with van der Waals surface area (Å²) in [5.41, 5.74) is 1.92.